The van der Waals surface area contributed by atoms with E-state index in [1.54, 1.807) is 116 Å². The molecule has 0 aromatic heterocycles. The Labute approximate surface area is 866 Å². The quantitative estimate of drug-likeness (QED) is 0.0407. The van der Waals surface area contributed by atoms with Crippen LogP contribution in [0.3, 0.4) is 0 Å². The summed E-state index contributed by atoms with van der Waals surface area (Å²) in [6, 6.07) is -14.4. The van der Waals surface area contributed by atoms with Gasteiger partial charge in [-0.05, 0) is 177 Å². The van der Waals surface area contributed by atoms with Crippen molar-refractivity contribution >= 4 is 178 Å². The Morgan fingerprint density at radius 3 is 0.903 bits per heavy atom. The maximum atomic E-state index is 14.8. The highest BCUT2D eigenvalue weighted by atomic mass is 32.2. The van der Waals surface area contributed by atoms with Crippen molar-refractivity contribution in [3.8, 4) is 11.5 Å². The summed E-state index contributed by atoms with van der Waals surface area (Å²) >= 11 is 9.82. The van der Waals surface area contributed by atoms with Crippen LogP contribution in [0.5, 0.6) is 11.5 Å². The molecule has 0 bridgehead atoms. The molecule has 2 aromatic rings. The number of benzene rings is 2. The van der Waals surface area contributed by atoms with Crippen molar-refractivity contribution in [2.24, 2.45) is 52.9 Å². The second-order valence-electron chi connectivity index (χ2n) is 37.3. The third-order valence-electron chi connectivity index (χ3n) is 24.2. The summed E-state index contributed by atoms with van der Waals surface area (Å²) in [5.41, 5.74) is 12.2. The van der Waals surface area contributed by atoms with Crippen molar-refractivity contribution in [3.63, 3.8) is 0 Å². The number of hydrogen-bond acceptors (Lipinski definition) is 28. The van der Waals surface area contributed by atoms with Gasteiger partial charge in [0.2, 0.25) is 106 Å². The molecule has 0 unspecified atom stereocenters. The molecule has 2 rings (SSSR count). The molecule has 0 saturated heterocycles. The van der Waals surface area contributed by atoms with Gasteiger partial charge in [-0.1, -0.05) is 147 Å². The first kappa shape index (κ1) is 129. The highest BCUT2D eigenvalue weighted by Gasteiger charge is 2.42. The van der Waals surface area contributed by atoms with E-state index in [1.807, 2.05) is 6.26 Å². The maximum absolute atomic E-state index is 14.8. The van der Waals surface area contributed by atoms with Crippen molar-refractivity contribution < 1.29 is 116 Å². The van der Waals surface area contributed by atoms with Crippen LogP contribution in [0, 0.1) is 41.4 Å². The SMILES string of the molecule is CC[C@H](C)[C@H](NC(=O)[C@H](C)NC(=O)[C@H](Cc1ccc(O)cc1)NC(=O)[C@H](CC(C)C)NC(=O)[C@H](CS)NC(=O)[C@@H](NC(=O)[C@H](CC(=O)O)NC(=O)[C@H](CC(C)C)NC(=O)[C@@H](NC(=O)[C@@H](N)CCSC)[C@@H](C)CC)[C@@H](C)CC)C(=O)N[C@@H](CCSC)C(=O)N[C@@H](C)C(=O)N[C@@H](Cc1ccc(O)cc1)C(=O)N[C@H](C(=O)N[C@@H](CCSC)C(=O)N[C@H](C(=O)N[C@@H](CCSC)C(=O)N[C@@H](CC(N)=O)C(=O)O)[C@@H](C)CC)C(C)C. The molecule has 0 spiro atoms. The zero-order valence-corrected chi connectivity index (χ0v) is 90.3. The second-order valence-corrected chi connectivity index (χ2v) is 41.6. The molecule has 25 N–H and O–H groups in total. The van der Waals surface area contributed by atoms with E-state index in [1.165, 1.54) is 109 Å². The van der Waals surface area contributed by atoms with E-state index in [0.29, 0.717) is 47.6 Å². The lowest BCUT2D eigenvalue weighted by atomic mass is 9.96. The summed E-state index contributed by atoms with van der Waals surface area (Å²) < 4.78 is 0. The van der Waals surface area contributed by atoms with Crippen LogP contribution in [0.15, 0.2) is 48.5 Å². The first-order valence-electron chi connectivity index (χ1n) is 48.5. The number of thioether (sulfide) groups is 4. The number of amides is 18. The molecule has 0 aliphatic carbocycles. The van der Waals surface area contributed by atoms with Crippen LogP contribution >= 0.6 is 59.7 Å². The number of carbonyl (C=O) groups is 20. The number of nitrogens with one attached hydrogen (secondary N) is 17. The van der Waals surface area contributed by atoms with Crippen LogP contribution in [0.4, 0.5) is 0 Å². The van der Waals surface area contributed by atoms with E-state index in [-0.39, 0.29) is 86.9 Å². The molecular weight excluding hydrogens is 1960 g/mol. The van der Waals surface area contributed by atoms with Crippen molar-refractivity contribution in [1.29, 1.82) is 0 Å². The summed E-state index contributed by atoms with van der Waals surface area (Å²) in [6.07, 6.45) is 6.30. The summed E-state index contributed by atoms with van der Waals surface area (Å²) in [5.74, 6) is -22.0. The van der Waals surface area contributed by atoms with Gasteiger partial charge < -0.3 is 122 Å². The number of primary amides is 1. The van der Waals surface area contributed by atoms with Crippen molar-refractivity contribution in [2.75, 3.05) is 53.8 Å². The molecule has 43 nitrogen and oxygen atoms in total. The monoisotopic (exact) mass is 2120 g/mol. The highest BCUT2D eigenvalue weighted by Crippen LogP contribution is 2.22. The van der Waals surface area contributed by atoms with Gasteiger partial charge in [0.05, 0.1) is 18.9 Å². The minimum atomic E-state index is -1.84. The molecule has 0 heterocycles. The van der Waals surface area contributed by atoms with Gasteiger partial charge >= 0.3 is 11.9 Å². The fourth-order valence-electron chi connectivity index (χ4n) is 14.5. The number of aromatic hydroxyl groups is 2. The van der Waals surface area contributed by atoms with Gasteiger partial charge in [-0.2, -0.15) is 59.7 Å². The minimum Gasteiger partial charge on any atom is -0.508 e. The molecule has 810 valence electrons. The molecule has 144 heavy (non-hydrogen) atoms. The molecule has 0 aliphatic rings. The molecule has 2 aromatic carbocycles. The van der Waals surface area contributed by atoms with E-state index in [4.69, 9.17) is 11.5 Å². The predicted molar refractivity (Wildman–Crippen MR) is 557 cm³/mol. The third-order valence-corrected chi connectivity index (χ3v) is 27.1. The van der Waals surface area contributed by atoms with E-state index < -0.39 is 275 Å². The fraction of sp³-hybridized carbons (Fsp3) is 0.667. The normalized spacial score (nSPS) is 15.9. The lowest BCUT2D eigenvalue weighted by Gasteiger charge is -2.30. The Kier molecular flexibility index (Phi) is 60.1. The summed E-state index contributed by atoms with van der Waals surface area (Å²) in [5, 5.41) is 84.8. The van der Waals surface area contributed by atoms with E-state index in [0.717, 1.165) is 0 Å². The Bertz CT molecular complexity index is 4570. The van der Waals surface area contributed by atoms with Gasteiger partial charge in [-0.3, -0.25) is 91.1 Å². The topological polar surface area (TPSA) is 679 Å². The molecule has 0 saturated carbocycles. The standard InChI is InChI=1S/C96H157N19O24S5/c1-21-51(11)75(92(134)102-62(34-38-142-18)82(124)99-55(15)79(121)104-68(44-58-27-31-60(117)32-28-58)88(130)111-74(50(9)10)91(133)101-64(36-40-144-20)84(126)114-77(53(13)23-3)93(135)103-63(35-39-143-19)83(125)109-70(96(138)139)45-72(98)118)112-80(122)56(16)100-85(127)67(43-57-25-29-59(116)30-26-57)106-86(128)65(41-48(5)6)105-90(132)71(47-140)110-95(137)78(54(14)24-4)115-89(131)69(46-73(119)120)107-87(129)66(42-49(7)8)108-94(136)76(52(12)22-2)113-81(123)61(97)33-37-141-17/h25-32,48-56,61-71,74-78,116-117,140H,21-24,33-47,97H2,1-20H3,(H2,98,118)(H,99,124)(H,100,127)(H,101,133)(H,102,134)(H,103,135)(H,104,121)(H,105,132)(H,106,128)(H,107,129)(H,108,136)(H,109,125)(H,110,137)(H,111,130)(H,112,122)(H,113,123)(H,114,126)(H,115,131)(H,119,120)(H,138,139)/t51-,52-,53-,54-,55-,56-,61-,62-,63-,64-,65-,66-,67-,68-,69-,70-,71-,74-,75-,76-,77-,78-/m0/s1. The van der Waals surface area contributed by atoms with Gasteiger partial charge in [-0.25, -0.2) is 4.79 Å². The number of carbonyl (C=O) groups excluding carboxylic acids is 18. The number of thiol groups is 1. The van der Waals surface area contributed by atoms with Gasteiger partial charge in [-0.15, -0.1) is 0 Å². The van der Waals surface area contributed by atoms with Gasteiger partial charge in [0.15, 0.2) is 0 Å². The Hall–Kier alpha value is -10.8. The average molecular weight is 2120 g/mol. The minimum absolute atomic E-state index is 0.000696. The van der Waals surface area contributed by atoms with Crippen LogP contribution in [0.2, 0.25) is 0 Å². The van der Waals surface area contributed by atoms with Crippen LogP contribution in [0.1, 0.15) is 199 Å². The fourth-order valence-corrected chi connectivity index (χ4v) is 16.7. The molecular formula is C96H157N19O24S5. The van der Waals surface area contributed by atoms with Gasteiger partial charge in [0, 0.05) is 18.6 Å². The second kappa shape index (κ2) is 67.0. The highest BCUT2D eigenvalue weighted by molar-refractivity contribution is 7.99. The number of hydrogen-bond donors (Lipinski definition) is 24. The Morgan fingerprint density at radius 1 is 0.306 bits per heavy atom. The Balaban J connectivity index is 2.51. The van der Waals surface area contributed by atoms with Crippen LogP contribution in [0.25, 0.3) is 0 Å². The van der Waals surface area contributed by atoms with E-state index in [9.17, 15) is 116 Å². The largest absolute Gasteiger partial charge is 0.508 e. The average Bonchev–Trinajstić information content (AvgIpc) is 0.845. The number of nitrogens with two attached hydrogens (primary N) is 2. The number of carboxylic acids is 2. The van der Waals surface area contributed by atoms with Crippen LogP contribution in [-0.2, 0) is 109 Å². The van der Waals surface area contributed by atoms with Crippen LogP contribution < -0.4 is 102 Å². The van der Waals surface area contributed by atoms with Crippen molar-refractivity contribution in [2.45, 2.75) is 309 Å². The molecule has 18 amide bonds. The number of phenols is 2. The lowest BCUT2D eigenvalue weighted by molar-refractivity contribution is -0.144. The zero-order chi connectivity index (χ0) is 109. The molecule has 48 heteroatoms. The van der Waals surface area contributed by atoms with Crippen LogP contribution in [-0.4, -0.2) is 301 Å². The molecule has 0 fully saturated rings. The van der Waals surface area contributed by atoms with Gasteiger partial charge in [0.1, 0.15) is 114 Å². The molecule has 0 radical (unpaired) electrons. The Morgan fingerprint density at radius 2 is 0.562 bits per heavy atom. The van der Waals surface area contributed by atoms with E-state index in [2.05, 4.69) is 103 Å². The number of phenolic OH excluding ortho intramolecular Hbond substituents is 2. The van der Waals surface area contributed by atoms with Gasteiger partial charge in [0.25, 0.3) is 0 Å². The zero-order valence-electron chi connectivity index (χ0n) is 86.2. The number of rotatable bonds is 69. The number of carboxylic acid groups (broad SMARTS) is 2. The number of aliphatic carboxylic acids is 2. The summed E-state index contributed by atoms with van der Waals surface area (Å²) in [6.45, 7) is 26.4. The lowest BCUT2D eigenvalue weighted by Crippen LogP contribution is -2.62. The summed E-state index contributed by atoms with van der Waals surface area (Å²) in [4.78, 5) is 280. The van der Waals surface area contributed by atoms with Crippen molar-refractivity contribution in [1.82, 2.24) is 90.4 Å². The first-order valence-corrected chi connectivity index (χ1v) is 54.7. The van der Waals surface area contributed by atoms with Crippen molar-refractivity contribution in [3.05, 3.63) is 59.7 Å². The first-order chi connectivity index (χ1) is 67.7. The predicted octanol–water partition coefficient (Wildman–Crippen LogP) is 0.801. The maximum Gasteiger partial charge on any atom is 0.326 e. The molecule has 22 atom stereocenters. The summed E-state index contributed by atoms with van der Waals surface area (Å²) in [7, 11) is 0. The molecule has 0 aliphatic heterocycles. The van der Waals surface area contributed by atoms with E-state index >= 15 is 0 Å². The smallest absolute Gasteiger partial charge is 0.326 e. The third kappa shape index (κ3) is 46.3.